The highest BCUT2D eigenvalue weighted by molar-refractivity contribution is 6.40. The summed E-state index contributed by atoms with van der Waals surface area (Å²) in [5.41, 5.74) is 4.04. The zero-order chi connectivity index (χ0) is 20.1. The molecule has 0 aliphatic carbocycles. The first-order valence-electron chi connectivity index (χ1n) is 8.29. The number of carbonyl (C=O) groups excluding carboxylic acids is 2. The minimum Gasteiger partial charge on any atom is -0.481 e. The number of halogens is 2. The number of anilines is 1. The second-order valence-electron chi connectivity index (χ2n) is 6.28. The van der Waals surface area contributed by atoms with Crippen LogP contribution in [0.4, 0.5) is 5.69 Å². The maximum absolute atomic E-state index is 12.0. The number of ether oxygens (including phenoxy) is 2. The first-order valence-corrected chi connectivity index (χ1v) is 9.05. The summed E-state index contributed by atoms with van der Waals surface area (Å²) in [6.07, 6.45) is 0. The Labute approximate surface area is 168 Å². The Balaban J connectivity index is 1.87. The van der Waals surface area contributed by atoms with Crippen molar-refractivity contribution in [2.24, 2.45) is 0 Å². The Morgan fingerprint density at radius 2 is 1.59 bits per heavy atom. The fraction of sp³-hybridized carbons (Fsp3) is 0.300. The molecule has 0 atom stereocenters. The molecule has 0 unspecified atom stereocenters. The zero-order valence-electron chi connectivity index (χ0n) is 15.6. The molecule has 0 aliphatic heterocycles. The Kier molecular flexibility index (Phi) is 7.11. The summed E-state index contributed by atoms with van der Waals surface area (Å²) in [5, 5.41) is 3.20. The summed E-state index contributed by atoms with van der Waals surface area (Å²) < 4.78 is 10.5. The fourth-order valence-electron chi connectivity index (χ4n) is 2.66. The van der Waals surface area contributed by atoms with Gasteiger partial charge in [0.25, 0.3) is 5.91 Å². The van der Waals surface area contributed by atoms with Crippen molar-refractivity contribution in [2.75, 3.05) is 18.5 Å². The van der Waals surface area contributed by atoms with E-state index in [0.717, 1.165) is 22.3 Å². The van der Waals surface area contributed by atoms with E-state index in [4.69, 9.17) is 32.7 Å². The van der Waals surface area contributed by atoms with Gasteiger partial charge in [0, 0.05) is 0 Å². The molecule has 27 heavy (non-hydrogen) atoms. The van der Waals surface area contributed by atoms with Crippen LogP contribution in [0.15, 0.2) is 24.3 Å². The molecule has 0 radical (unpaired) electrons. The summed E-state index contributed by atoms with van der Waals surface area (Å²) in [6, 6.07) is 7.31. The molecular weight excluding hydrogens is 389 g/mol. The lowest BCUT2D eigenvalue weighted by molar-refractivity contribution is -0.149. The van der Waals surface area contributed by atoms with Gasteiger partial charge in [-0.05, 0) is 50.5 Å². The summed E-state index contributed by atoms with van der Waals surface area (Å²) in [5.74, 6) is -0.549. The van der Waals surface area contributed by atoms with Crippen molar-refractivity contribution < 1.29 is 19.1 Å². The number of carbonyl (C=O) groups is 2. The molecule has 2 aromatic rings. The van der Waals surface area contributed by atoms with Crippen molar-refractivity contribution in [1.29, 1.82) is 0 Å². The van der Waals surface area contributed by atoms with Crippen LogP contribution in [-0.2, 0) is 14.3 Å². The molecule has 0 saturated heterocycles. The lowest BCUT2D eigenvalue weighted by Gasteiger charge is -2.13. The normalized spacial score (nSPS) is 10.4. The smallest absolute Gasteiger partial charge is 0.344 e. The molecule has 0 saturated carbocycles. The molecule has 144 valence electrons. The fourth-order valence-corrected chi connectivity index (χ4v) is 3.13. The van der Waals surface area contributed by atoms with Gasteiger partial charge in [-0.3, -0.25) is 4.79 Å². The second kappa shape index (κ2) is 9.11. The van der Waals surface area contributed by atoms with Crippen LogP contribution >= 0.6 is 23.2 Å². The molecule has 2 aromatic carbocycles. The molecule has 0 bridgehead atoms. The van der Waals surface area contributed by atoms with E-state index in [9.17, 15) is 9.59 Å². The third-order valence-corrected chi connectivity index (χ3v) is 4.65. The minimum absolute atomic E-state index is 0.288. The number of hydrogen-bond acceptors (Lipinski definition) is 4. The summed E-state index contributed by atoms with van der Waals surface area (Å²) >= 11 is 12.2. The third kappa shape index (κ3) is 5.62. The molecule has 0 spiro atoms. The van der Waals surface area contributed by atoms with E-state index in [1.54, 1.807) is 19.1 Å². The lowest BCUT2D eigenvalue weighted by Crippen LogP contribution is -2.24. The van der Waals surface area contributed by atoms with Crippen LogP contribution in [0.25, 0.3) is 0 Å². The molecule has 5 nitrogen and oxygen atoms in total. The average molecular weight is 410 g/mol. The Morgan fingerprint density at radius 3 is 2.22 bits per heavy atom. The van der Waals surface area contributed by atoms with Crippen LogP contribution in [0.3, 0.4) is 0 Å². The Hall–Kier alpha value is -2.24. The van der Waals surface area contributed by atoms with E-state index < -0.39 is 18.5 Å². The summed E-state index contributed by atoms with van der Waals surface area (Å²) in [4.78, 5) is 23.9. The Morgan fingerprint density at radius 1 is 0.963 bits per heavy atom. The molecule has 1 N–H and O–H groups in total. The number of nitrogens with one attached hydrogen (secondary N) is 1. The maximum atomic E-state index is 12.0. The summed E-state index contributed by atoms with van der Waals surface area (Å²) in [7, 11) is 0. The second-order valence-corrected chi connectivity index (χ2v) is 7.06. The van der Waals surface area contributed by atoms with E-state index in [2.05, 4.69) is 5.32 Å². The van der Waals surface area contributed by atoms with E-state index in [1.807, 2.05) is 32.9 Å². The van der Waals surface area contributed by atoms with E-state index in [0.29, 0.717) is 21.5 Å². The minimum atomic E-state index is -0.647. The molecule has 0 heterocycles. The highest BCUT2D eigenvalue weighted by atomic mass is 35.5. The lowest BCUT2D eigenvalue weighted by atomic mass is 10.1. The number of rotatable bonds is 6. The van der Waals surface area contributed by atoms with Gasteiger partial charge >= 0.3 is 5.97 Å². The standard InChI is InChI=1S/C20H21Cl2NO4/c1-11-7-13(3)20(14(4)8-11)27-10-17(25)26-9-16(24)23-19-15(21)6-5-12(2)18(19)22/h5-8H,9-10H2,1-4H3,(H,23,24). The van der Waals surface area contributed by atoms with Crippen molar-refractivity contribution in [2.45, 2.75) is 27.7 Å². The van der Waals surface area contributed by atoms with Crippen molar-refractivity contribution in [1.82, 2.24) is 0 Å². The highest BCUT2D eigenvalue weighted by Gasteiger charge is 2.14. The quantitative estimate of drug-likeness (QED) is 0.696. The number of benzene rings is 2. The highest BCUT2D eigenvalue weighted by Crippen LogP contribution is 2.32. The monoisotopic (exact) mass is 409 g/mol. The first kappa shape index (κ1) is 21.1. The Bertz CT molecular complexity index is 858. The molecule has 7 heteroatoms. The predicted octanol–water partition coefficient (Wildman–Crippen LogP) is 4.79. The van der Waals surface area contributed by atoms with E-state index >= 15 is 0 Å². The number of hydrogen-bond donors (Lipinski definition) is 1. The van der Waals surface area contributed by atoms with Gasteiger partial charge in [-0.15, -0.1) is 0 Å². The van der Waals surface area contributed by atoms with Crippen molar-refractivity contribution in [3.63, 3.8) is 0 Å². The predicted molar refractivity (Wildman–Crippen MR) is 107 cm³/mol. The maximum Gasteiger partial charge on any atom is 0.344 e. The van der Waals surface area contributed by atoms with Crippen LogP contribution in [0.2, 0.25) is 10.0 Å². The first-order chi connectivity index (χ1) is 12.7. The molecule has 1 amide bonds. The van der Waals surface area contributed by atoms with Gasteiger partial charge in [-0.25, -0.2) is 4.79 Å². The van der Waals surface area contributed by atoms with Crippen LogP contribution in [-0.4, -0.2) is 25.1 Å². The van der Waals surface area contributed by atoms with Crippen molar-refractivity contribution in [3.8, 4) is 5.75 Å². The van der Waals surface area contributed by atoms with Gasteiger partial charge < -0.3 is 14.8 Å². The molecular formula is C20H21Cl2NO4. The largest absolute Gasteiger partial charge is 0.481 e. The van der Waals surface area contributed by atoms with Gasteiger partial charge in [-0.1, -0.05) is 47.0 Å². The van der Waals surface area contributed by atoms with Crippen molar-refractivity contribution >= 4 is 40.8 Å². The summed E-state index contributed by atoms with van der Waals surface area (Å²) in [6.45, 7) is 6.84. The molecule has 0 fully saturated rings. The van der Waals surface area contributed by atoms with Crippen LogP contribution in [0.5, 0.6) is 5.75 Å². The number of amides is 1. The van der Waals surface area contributed by atoms with E-state index in [1.165, 1.54) is 0 Å². The van der Waals surface area contributed by atoms with Crippen molar-refractivity contribution in [3.05, 3.63) is 56.6 Å². The average Bonchev–Trinajstić information content (AvgIpc) is 2.59. The third-order valence-electron chi connectivity index (χ3n) is 3.85. The number of aryl methyl sites for hydroxylation is 4. The van der Waals surface area contributed by atoms with Crippen LogP contribution in [0.1, 0.15) is 22.3 Å². The van der Waals surface area contributed by atoms with Gasteiger partial charge in [0.2, 0.25) is 0 Å². The zero-order valence-corrected chi connectivity index (χ0v) is 17.1. The van der Waals surface area contributed by atoms with Crippen LogP contribution < -0.4 is 10.1 Å². The topological polar surface area (TPSA) is 64.6 Å². The molecule has 0 aromatic heterocycles. The van der Waals surface area contributed by atoms with E-state index in [-0.39, 0.29) is 6.61 Å². The van der Waals surface area contributed by atoms with Gasteiger partial charge in [0.15, 0.2) is 13.2 Å². The SMILES string of the molecule is Cc1cc(C)c(OCC(=O)OCC(=O)Nc2c(Cl)ccc(C)c2Cl)c(C)c1. The van der Waals surface area contributed by atoms with Gasteiger partial charge in [-0.2, -0.15) is 0 Å². The van der Waals surface area contributed by atoms with Crippen LogP contribution in [0, 0.1) is 27.7 Å². The molecule has 0 aliphatic rings. The van der Waals surface area contributed by atoms with Gasteiger partial charge in [0.1, 0.15) is 5.75 Å². The van der Waals surface area contributed by atoms with Gasteiger partial charge in [0.05, 0.1) is 15.7 Å². The molecule has 2 rings (SSSR count). The number of esters is 1.